The summed E-state index contributed by atoms with van der Waals surface area (Å²) in [6, 6.07) is 4.27. The van der Waals surface area contributed by atoms with Gasteiger partial charge in [-0.05, 0) is 74.2 Å². The van der Waals surface area contributed by atoms with Gasteiger partial charge in [0.25, 0.3) is 0 Å². The molecular weight excluding hydrogens is 416 g/mol. The molecule has 0 bridgehead atoms. The highest BCUT2D eigenvalue weighted by Crippen LogP contribution is 2.25. The molecule has 0 aliphatic heterocycles. The molecule has 0 aliphatic carbocycles. The number of H-pyrrole nitrogens is 1. The molecule has 0 unspecified atom stereocenters. The number of carbonyl (C=O) groups is 1. The van der Waals surface area contributed by atoms with Crippen LogP contribution >= 0.6 is 22.7 Å². The minimum Gasteiger partial charge on any atom is -0.444 e. The van der Waals surface area contributed by atoms with Crippen LogP contribution in [-0.2, 0) is 24.6 Å². The fraction of sp³-hybridized carbons (Fsp3) is 0.409. The molecule has 162 valence electrons. The predicted molar refractivity (Wildman–Crippen MR) is 128 cm³/mol. The zero-order chi connectivity index (χ0) is 21.7. The maximum atomic E-state index is 11.5. The number of hydrogen-bond acceptors (Lipinski definition) is 5. The topological polar surface area (TPSA) is 85.1 Å². The first-order valence-corrected chi connectivity index (χ1v) is 11.8. The van der Waals surface area contributed by atoms with Gasteiger partial charge >= 0.3 is 6.09 Å². The van der Waals surface area contributed by atoms with Gasteiger partial charge in [0, 0.05) is 36.8 Å². The average Bonchev–Trinajstić information content (AvgIpc) is 3.40. The lowest BCUT2D eigenvalue weighted by Crippen LogP contribution is -2.33. The van der Waals surface area contributed by atoms with Gasteiger partial charge in [-0.1, -0.05) is 0 Å². The highest BCUT2D eigenvalue weighted by molar-refractivity contribution is 7.17. The van der Waals surface area contributed by atoms with E-state index >= 15 is 0 Å². The lowest BCUT2D eigenvalue weighted by Gasteiger charge is -2.19. The number of carbonyl (C=O) groups excluding carboxylic acids is 1. The third-order valence-corrected chi connectivity index (χ3v) is 6.37. The molecule has 0 saturated heterocycles. The van der Waals surface area contributed by atoms with E-state index in [2.05, 4.69) is 51.0 Å². The first-order chi connectivity index (χ1) is 14.3. The molecule has 8 heteroatoms. The zero-order valence-electron chi connectivity index (χ0n) is 18.0. The van der Waals surface area contributed by atoms with E-state index in [-0.39, 0.29) is 6.09 Å². The van der Waals surface area contributed by atoms with Crippen LogP contribution in [0.4, 0.5) is 4.79 Å². The number of ether oxygens (including phenoxy) is 1. The number of aromatic nitrogens is 2. The van der Waals surface area contributed by atoms with E-state index in [4.69, 9.17) is 10.5 Å². The number of hydrogen-bond donors (Lipinski definition) is 3. The molecule has 4 aromatic heterocycles. The number of amides is 1. The maximum absolute atomic E-state index is 11.5. The Morgan fingerprint density at radius 1 is 1.17 bits per heavy atom. The number of nitrogens with two attached hydrogens (primary N) is 1. The van der Waals surface area contributed by atoms with Crippen LogP contribution in [0.15, 0.2) is 35.3 Å². The van der Waals surface area contributed by atoms with Crippen molar-refractivity contribution in [1.82, 2.24) is 14.9 Å². The normalized spacial score (nSPS) is 11.5. The lowest BCUT2D eigenvalue weighted by atomic mass is 10.2. The van der Waals surface area contributed by atoms with Crippen molar-refractivity contribution in [1.29, 1.82) is 0 Å². The second-order valence-corrected chi connectivity index (χ2v) is 9.91. The highest BCUT2D eigenvalue weighted by Gasteiger charge is 2.15. The number of thiophene rings is 2. The molecule has 0 fully saturated rings. The highest BCUT2D eigenvalue weighted by atomic mass is 32.1. The smallest absolute Gasteiger partial charge is 0.407 e. The first-order valence-electron chi connectivity index (χ1n) is 10.00. The largest absolute Gasteiger partial charge is 0.444 e. The third-order valence-electron chi connectivity index (χ3n) is 4.53. The van der Waals surface area contributed by atoms with Gasteiger partial charge in [-0.15, -0.1) is 22.7 Å². The van der Waals surface area contributed by atoms with Crippen LogP contribution in [0.3, 0.4) is 0 Å². The Labute approximate surface area is 185 Å². The number of aryl methyl sites for hydroxylation is 1. The molecule has 0 aliphatic rings. The van der Waals surface area contributed by atoms with Gasteiger partial charge in [-0.2, -0.15) is 0 Å². The maximum Gasteiger partial charge on any atom is 0.407 e. The van der Waals surface area contributed by atoms with Crippen molar-refractivity contribution in [3.8, 4) is 0 Å². The summed E-state index contributed by atoms with van der Waals surface area (Å²) >= 11 is 3.47. The number of nitrogens with one attached hydrogen (secondary N) is 2. The fourth-order valence-corrected chi connectivity index (χ4v) is 4.93. The van der Waals surface area contributed by atoms with Crippen LogP contribution in [0.25, 0.3) is 20.4 Å². The molecule has 30 heavy (non-hydrogen) atoms. The molecule has 4 N–H and O–H groups in total. The van der Waals surface area contributed by atoms with Crippen molar-refractivity contribution in [3.63, 3.8) is 0 Å². The van der Waals surface area contributed by atoms with Crippen molar-refractivity contribution in [2.45, 2.75) is 39.2 Å². The molecular formula is C22H30N4O2S2. The summed E-state index contributed by atoms with van der Waals surface area (Å²) in [4.78, 5) is 17.2. The minimum absolute atomic E-state index is 0.361. The van der Waals surface area contributed by atoms with E-state index in [1.165, 1.54) is 31.6 Å². The Morgan fingerprint density at radius 2 is 1.90 bits per heavy atom. The predicted octanol–water partition coefficient (Wildman–Crippen LogP) is 5.04. The third kappa shape index (κ3) is 5.65. The minimum atomic E-state index is -0.446. The Balaban J connectivity index is 0.000000184. The summed E-state index contributed by atoms with van der Waals surface area (Å²) in [6.45, 7) is 6.88. The summed E-state index contributed by atoms with van der Waals surface area (Å²) in [5.41, 5.74) is 7.67. The molecule has 4 aromatic rings. The van der Waals surface area contributed by atoms with E-state index in [1.807, 2.05) is 27.0 Å². The van der Waals surface area contributed by atoms with Crippen molar-refractivity contribution in [3.05, 3.63) is 46.4 Å². The standard InChI is InChI=1S/C13H18N2O2S.C9H12N2S/c1-13(2,3)17-12(16)14-6-4-9-8-15-11-10(9)5-7-18-11;1-11-6-7(2-4-10)8-3-5-12-9(8)11/h5,7-8,15H,4,6H2,1-3H3,(H,14,16);3,5-6H,2,4,10H2,1H3. The number of nitrogens with zero attached hydrogens (tertiary/aromatic N) is 1. The van der Waals surface area contributed by atoms with Crippen LogP contribution in [0, 0.1) is 0 Å². The monoisotopic (exact) mass is 446 g/mol. The molecule has 1 amide bonds. The second kappa shape index (κ2) is 9.68. The van der Waals surface area contributed by atoms with E-state index in [0.29, 0.717) is 6.54 Å². The van der Waals surface area contributed by atoms with Crippen molar-refractivity contribution >= 4 is 49.2 Å². The van der Waals surface area contributed by atoms with Gasteiger partial charge in [0.05, 0.1) is 4.83 Å². The summed E-state index contributed by atoms with van der Waals surface area (Å²) < 4.78 is 7.35. The second-order valence-electron chi connectivity index (χ2n) is 8.10. The van der Waals surface area contributed by atoms with E-state index < -0.39 is 5.60 Å². The number of alkyl carbamates (subject to hydrolysis) is 1. The van der Waals surface area contributed by atoms with Crippen LogP contribution in [0.1, 0.15) is 31.9 Å². The van der Waals surface area contributed by atoms with Crippen molar-refractivity contribution in [2.75, 3.05) is 13.1 Å². The first kappa shape index (κ1) is 22.4. The summed E-state index contributed by atoms with van der Waals surface area (Å²) in [7, 11) is 2.08. The summed E-state index contributed by atoms with van der Waals surface area (Å²) in [5, 5.41) is 9.56. The summed E-state index contributed by atoms with van der Waals surface area (Å²) in [5.74, 6) is 0. The molecule has 6 nitrogen and oxygen atoms in total. The Hall–Kier alpha value is -2.29. The average molecular weight is 447 g/mol. The molecule has 0 atom stereocenters. The summed E-state index contributed by atoms with van der Waals surface area (Å²) in [6.07, 6.45) is 5.59. The fourth-order valence-electron chi connectivity index (χ4n) is 3.26. The molecule has 4 rings (SSSR count). The van der Waals surface area contributed by atoms with Gasteiger partial charge in [-0.3, -0.25) is 0 Å². The van der Waals surface area contributed by atoms with Crippen LogP contribution in [-0.4, -0.2) is 34.3 Å². The Morgan fingerprint density at radius 3 is 2.63 bits per heavy atom. The molecule has 0 saturated carbocycles. The molecule has 0 spiro atoms. The number of fused-ring (bicyclic) bond motifs is 2. The van der Waals surface area contributed by atoms with E-state index in [0.717, 1.165) is 19.4 Å². The molecule has 0 aromatic carbocycles. The molecule has 4 heterocycles. The van der Waals surface area contributed by atoms with Crippen molar-refractivity contribution in [2.24, 2.45) is 12.8 Å². The van der Waals surface area contributed by atoms with E-state index in [1.54, 1.807) is 22.7 Å². The van der Waals surface area contributed by atoms with E-state index in [9.17, 15) is 4.79 Å². The van der Waals surface area contributed by atoms with Gasteiger partial charge in [0.2, 0.25) is 0 Å². The SMILES string of the molecule is CC(C)(C)OC(=O)NCCc1c[nH]c2sccc12.Cn1cc(CCN)c2ccsc21. The van der Waals surface area contributed by atoms with Crippen LogP contribution < -0.4 is 11.1 Å². The van der Waals surface area contributed by atoms with Gasteiger partial charge < -0.3 is 25.3 Å². The molecule has 0 radical (unpaired) electrons. The number of rotatable bonds is 5. The van der Waals surface area contributed by atoms with Gasteiger partial charge in [0.15, 0.2) is 0 Å². The van der Waals surface area contributed by atoms with Gasteiger partial charge in [0.1, 0.15) is 10.4 Å². The van der Waals surface area contributed by atoms with Crippen molar-refractivity contribution < 1.29 is 9.53 Å². The zero-order valence-corrected chi connectivity index (χ0v) is 19.6. The van der Waals surface area contributed by atoms with Gasteiger partial charge in [-0.25, -0.2) is 4.79 Å². The Bertz CT molecular complexity index is 1100. The number of aromatic amines is 1. The lowest BCUT2D eigenvalue weighted by molar-refractivity contribution is 0.0528. The van der Waals surface area contributed by atoms with Crippen LogP contribution in [0.2, 0.25) is 0 Å². The van der Waals surface area contributed by atoms with Crippen LogP contribution in [0.5, 0.6) is 0 Å². The Kier molecular flexibility index (Phi) is 7.23. The quantitative estimate of drug-likeness (QED) is 0.402.